The first kappa shape index (κ1) is 14.5. The molecule has 106 valence electrons. The first-order chi connectivity index (χ1) is 9.77. The average molecular weight is 293 g/mol. The van der Waals surface area contributed by atoms with Crippen LogP contribution in [-0.2, 0) is 13.1 Å². The van der Waals surface area contributed by atoms with Gasteiger partial charge in [0.25, 0.3) is 0 Å². The molecule has 0 saturated heterocycles. The zero-order valence-corrected chi connectivity index (χ0v) is 12.0. The summed E-state index contributed by atoms with van der Waals surface area (Å²) >= 11 is 5.66. The average Bonchev–Trinajstić information content (AvgIpc) is 2.78. The normalized spacial score (nSPS) is 10.7. The highest BCUT2D eigenvalue weighted by Gasteiger charge is 2.13. The van der Waals surface area contributed by atoms with E-state index >= 15 is 0 Å². The number of rotatable bonds is 7. The van der Waals surface area contributed by atoms with Crippen molar-refractivity contribution in [3.8, 4) is 11.4 Å². The van der Waals surface area contributed by atoms with Crippen LogP contribution >= 0.6 is 11.6 Å². The second-order valence-corrected chi connectivity index (χ2v) is 4.74. The number of pyridine rings is 1. The molecule has 0 bridgehead atoms. The Morgan fingerprint density at radius 1 is 1.40 bits per heavy atom. The number of aromatic nitrogens is 4. The van der Waals surface area contributed by atoms with Gasteiger partial charge in [-0.15, -0.1) is 23.3 Å². The van der Waals surface area contributed by atoms with E-state index in [0.717, 1.165) is 18.4 Å². The predicted octanol–water partition coefficient (Wildman–Crippen LogP) is 2.31. The van der Waals surface area contributed by atoms with Crippen molar-refractivity contribution in [1.29, 1.82) is 0 Å². The highest BCUT2D eigenvalue weighted by atomic mass is 35.5. The third-order valence-electron chi connectivity index (χ3n) is 2.91. The number of hydrogen-bond donors (Lipinski definition) is 0. The van der Waals surface area contributed by atoms with Crippen LogP contribution in [0.1, 0.15) is 12.8 Å². The van der Waals surface area contributed by atoms with Crippen molar-refractivity contribution < 1.29 is 0 Å². The van der Waals surface area contributed by atoms with Crippen LogP contribution in [0.5, 0.6) is 0 Å². The molecule has 2 aromatic heterocycles. The minimum Gasteiger partial charge on any atom is -0.271 e. The summed E-state index contributed by atoms with van der Waals surface area (Å²) in [5.41, 5.74) is 0.695. The Bertz CT molecular complexity index is 618. The summed E-state index contributed by atoms with van der Waals surface area (Å²) in [5, 5.41) is 4.41. The second kappa shape index (κ2) is 7.05. The van der Waals surface area contributed by atoms with Gasteiger partial charge in [0.2, 0.25) is 0 Å². The van der Waals surface area contributed by atoms with Crippen LogP contribution in [0.25, 0.3) is 11.4 Å². The van der Waals surface area contributed by atoms with Gasteiger partial charge in [0.1, 0.15) is 0 Å². The lowest BCUT2D eigenvalue weighted by atomic mass is 10.3. The van der Waals surface area contributed by atoms with Crippen molar-refractivity contribution in [2.75, 3.05) is 5.88 Å². The number of alkyl halides is 1. The van der Waals surface area contributed by atoms with E-state index in [2.05, 4.69) is 16.7 Å². The van der Waals surface area contributed by atoms with E-state index < -0.39 is 0 Å². The molecule has 5 nitrogen and oxygen atoms in total. The molecule has 0 aromatic carbocycles. The molecule has 0 aliphatic carbocycles. The molecule has 0 amide bonds. The fourth-order valence-electron chi connectivity index (χ4n) is 1.94. The van der Waals surface area contributed by atoms with Gasteiger partial charge >= 0.3 is 5.69 Å². The van der Waals surface area contributed by atoms with Crippen LogP contribution in [0.15, 0.2) is 42.0 Å². The molecular formula is C14H17ClN4O. The van der Waals surface area contributed by atoms with Gasteiger partial charge in [-0.2, -0.15) is 0 Å². The van der Waals surface area contributed by atoms with E-state index in [-0.39, 0.29) is 5.69 Å². The topological polar surface area (TPSA) is 52.7 Å². The molecule has 0 unspecified atom stereocenters. The zero-order valence-electron chi connectivity index (χ0n) is 11.2. The number of hydrogen-bond acceptors (Lipinski definition) is 3. The van der Waals surface area contributed by atoms with E-state index in [4.69, 9.17) is 11.6 Å². The van der Waals surface area contributed by atoms with Crippen LogP contribution in [-0.4, -0.2) is 25.2 Å². The molecule has 0 spiro atoms. The third kappa shape index (κ3) is 3.17. The number of allylic oxidation sites excluding steroid dienone is 1. The fraction of sp³-hybridized carbons (Fsp3) is 0.357. The van der Waals surface area contributed by atoms with Crippen molar-refractivity contribution in [1.82, 2.24) is 19.3 Å². The quantitative estimate of drug-likeness (QED) is 0.447. The molecule has 0 radical (unpaired) electrons. The Kier molecular flexibility index (Phi) is 5.12. The Morgan fingerprint density at radius 3 is 2.90 bits per heavy atom. The maximum absolute atomic E-state index is 12.3. The molecule has 6 heteroatoms. The maximum atomic E-state index is 12.3. The summed E-state index contributed by atoms with van der Waals surface area (Å²) < 4.78 is 3.09. The highest BCUT2D eigenvalue weighted by molar-refractivity contribution is 6.17. The third-order valence-corrected chi connectivity index (χ3v) is 3.18. The van der Waals surface area contributed by atoms with Gasteiger partial charge in [-0.3, -0.25) is 9.55 Å². The summed E-state index contributed by atoms with van der Waals surface area (Å²) in [5.74, 6) is 1.21. The lowest BCUT2D eigenvalue weighted by Crippen LogP contribution is -2.25. The van der Waals surface area contributed by atoms with Crippen LogP contribution in [0, 0.1) is 0 Å². The number of halogens is 1. The zero-order chi connectivity index (χ0) is 14.4. The van der Waals surface area contributed by atoms with Gasteiger partial charge in [-0.05, 0) is 25.0 Å². The Morgan fingerprint density at radius 2 is 2.25 bits per heavy atom. The molecule has 0 aliphatic heterocycles. The Labute approximate surface area is 122 Å². The molecule has 2 rings (SSSR count). The Balaban J connectivity index is 2.37. The van der Waals surface area contributed by atoms with Gasteiger partial charge in [-0.25, -0.2) is 9.48 Å². The first-order valence-electron chi connectivity index (χ1n) is 6.53. The van der Waals surface area contributed by atoms with Crippen molar-refractivity contribution in [2.45, 2.75) is 25.9 Å². The molecule has 2 aromatic rings. The van der Waals surface area contributed by atoms with Crippen LogP contribution < -0.4 is 5.69 Å². The number of nitrogens with zero attached hydrogens (tertiary/aromatic N) is 4. The van der Waals surface area contributed by atoms with Crippen molar-refractivity contribution >= 4 is 11.6 Å². The van der Waals surface area contributed by atoms with Crippen molar-refractivity contribution in [2.24, 2.45) is 0 Å². The lowest BCUT2D eigenvalue weighted by molar-refractivity contribution is 0.547. The SMILES string of the molecule is C=CCn1c(-c2cccnc2)nn(CCCCCl)c1=O. The minimum absolute atomic E-state index is 0.127. The van der Waals surface area contributed by atoms with Gasteiger partial charge in [0.05, 0.1) is 0 Å². The van der Waals surface area contributed by atoms with E-state index in [1.165, 1.54) is 4.68 Å². The minimum atomic E-state index is -0.127. The van der Waals surface area contributed by atoms with Crippen molar-refractivity contribution in [3.05, 3.63) is 47.7 Å². The first-order valence-corrected chi connectivity index (χ1v) is 7.06. The summed E-state index contributed by atoms with van der Waals surface area (Å²) in [6.45, 7) is 4.69. The Hall–Kier alpha value is -1.88. The highest BCUT2D eigenvalue weighted by Crippen LogP contribution is 2.14. The lowest BCUT2D eigenvalue weighted by Gasteiger charge is -2.00. The molecule has 2 heterocycles. The van der Waals surface area contributed by atoms with E-state index in [1.54, 1.807) is 23.0 Å². The van der Waals surface area contributed by atoms with Gasteiger partial charge in [-0.1, -0.05) is 6.08 Å². The summed E-state index contributed by atoms with van der Waals surface area (Å²) in [6.07, 6.45) is 6.78. The molecule has 0 N–H and O–H groups in total. The monoisotopic (exact) mass is 292 g/mol. The van der Waals surface area contributed by atoms with E-state index in [1.807, 2.05) is 12.1 Å². The number of aryl methyl sites for hydroxylation is 1. The molecule has 0 fully saturated rings. The number of unbranched alkanes of at least 4 members (excludes halogenated alkanes) is 1. The van der Waals surface area contributed by atoms with Crippen LogP contribution in [0.3, 0.4) is 0 Å². The second-order valence-electron chi connectivity index (χ2n) is 4.37. The maximum Gasteiger partial charge on any atom is 0.346 e. The molecule has 0 atom stereocenters. The molecule has 0 saturated carbocycles. The molecule has 20 heavy (non-hydrogen) atoms. The largest absolute Gasteiger partial charge is 0.346 e. The standard InChI is InChI=1S/C14H17ClN4O/c1-2-9-18-13(12-6-5-8-16-11-12)17-19(14(18)20)10-4-3-7-15/h2,5-6,8,11H,1,3-4,7,9-10H2. The van der Waals surface area contributed by atoms with Gasteiger partial charge in [0, 0.05) is 36.9 Å². The summed E-state index contributed by atoms with van der Waals surface area (Å²) in [4.78, 5) is 16.4. The van der Waals surface area contributed by atoms with Crippen molar-refractivity contribution in [3.63, 3.8) is 0 Å². The summed E-state index contributed by atoms with van der Waals surface area (Å²) in [7, 11) is 0. The smallest absolute Gasteiger partial charge is 0.271 e. The van der Waals surface area contributed by atoms with Crippen LogP contribution in [0.2, 0.25) is 0 Å². The fourth-order valence-corrected chi connectivity index (χ4v) is 2.13. The molecular weight excluding hydrogens is 276 g/mol. The van der Waals surface area contributed by atoms with Crippen LogP contribution in [0.4, 0.5) is 0 Å². The van der Waals surface area contributed by atoms with Gasteiger partial charge < -0.3 is 0 Å². The van der Waals surface area contributed by atoms with E-state index in [9.17, 15) is 4.79 Å². The summed E-state index contributed by atoms with van der Waals surface area (Å²) in [6, 6.07) is 3.71. The molecule has 0 aliphatic rings. The van der Waals surface area contributed by atoms with E-state index in [0.29, 0.717) is 24.8 Å². The van der Waals surface area contributed by atoms with Gasteiger partial charge in [0.15, 0.2) is 5.82 Å². The predicted molar refractivity (Wildman–Crippen MR) is 79.9 cm³/mol.